The normalized spacial score (nSPS) is 35.9. The van der Waals surface area contributed by atoms with Crippen LogP contribution in [0.25, 0.3) is 0 Å². The van der Waals surface area contributed by atoms with Crippen molar-refractivity contribution < 1.29 is 24.0 Å². The van der Waals surface area contributed by atoms with Gasteiger partial charge in [-0.25, -0.2) is 0 Å². The number of carbonyl (C=O) groups excluding carboxylic acids is 5. The smallest absolute Gasteiger partial charge is 0.243 e. The molecule has 0 aromatic rings. The van der Waals surface area contributed by atoms with Crippen LogP contribution in [0.15, 0.2) is 0 Å². The van der Waals surface area contributed by atoms with Gasteiger partial charge in [-0.2, -0.15) is 0 Å². The lowest BCUT2D eigenvalue weighted by atomic mass is 9.86. The second-order valence-corrected chi connectivity index (χ2v) is 13.2. The first-order valence-corrected chi connectivity index (χ1v) is 13.1. The largest absolute Gasteiger partial charge is 0.368 e. The van der Waals surface area contributed by atoms with Crippen LogP contribution in [0.1, 0.15) is 53.9 Å². The van der Waals surface area contributed by atoms with Crippen LogP contribution in [0.3, 0.4) is 0 Å². The summed E-state index contributed by atoms with van der Waals surface area (Å²) < 4.78 is 0. The van der Waals surface area contributed by atoms with E-state index in [4.69, 9.17) is 23.1 Å². The molecule has 2 heterocycles. The second-order valence-electron chi connectivity index (χ2n) is 12.8. The topological polar surface area (TPSA) is 165 Å². The number of fused-ring (bicyclic) bond motifs is 1. The molecule has 10 nitrogen and oxygen atoms in total. The van der Waals surface area contributed by atoms with Gasteiger partial charge in [-0.05, 0) is 59.4 Å². The molecule has 0 bridgehead atoms. The Morgan fingerprint density at radius 1 is 1.22 bits per heavy atom. The van der Waals surface area contributed by atoms with E-state index in [1.54, 1.807) is 4.90 Å². The number of nitrogens with zero attached hydrogens (tertiary/aromatic N) is 1. The summed E-state index contributed by atoms with van der Waals surface area (Å²) >= 11 is 5.58. The van der Waals surface area contributed by atoms with Gasteiger partial charge >= 0.3 is 0 Å². The summed E-state index contributed by atoms with van der Waals surface area (Å²) in [5, 5.41) is 5.24. The monoisotopic (exact) mass is 523 g/mol. The van der Waals surface area contributed by atoms with Gasteiger partial charge in [0.2, 0.25) is 28.9 Å². The lowest BCUT2D eigenvalue weighted by Gasteiger charge is -2.36. The van der Waals surface area contributed by atoms with E-state index in [1.807, 2.05) is 20.8 Å². The summed E-state index contributed by atoms with van der Waals surface area (Å²) in [7, 11) is 0. The van der Waals surface area contributed by atoms with Crippen LogP contribution in [0.2, 0.25) is 0 Å². The van der Waals surface area contributed by atoms with Gasteiger partial charge in [-0.1, -0.05) is 34.6 Å². The fourth-order valence-corrected chi connectivity index (χ4v) is 6.58. The van der Waals surface area contributed by atoms with Gasteiger partial charge in [0.25, 0.3) is 0 Å². The van der Waals surface area contributed by atoms with E-state index in [0.717, 1.165) is 0 Å². The van der Waals surface area contributed by atoms with Crippen molar-refractivity contribution in [2.24, 2.45) is 51.9 Å². The van der Waals surface area contributed by atoms with Gasteiger partial charge in [0.15, 0.2) is 0 Å². The number of amides is 4. The van der Waals surface area contributed by atoms with Gasteiger partial charge in [0.05, 0.1) is 6.04 Å². The zero-order valence-corrected chi connectivity index (χ0v) is 22.3. The maximum Gasteiger partial charge on any atom is 0.243 e. The van der Waals surface area contributed by atoms with E-state index in [1.165, 1.54) is 0 Å². The highest BCUT2D eigenvalue weighted by Gasteiger charge is 2.69. The minimum atomic E-state index is -1.06. The number of piperidine rings is 1. The summed E-state index contributed by atoms with van der Waals surface area (Å²) in [6, 6.07) is -2.77. The number of nitrogens with one attached hydrogen (secondary N) is 2. The summed E-state index contributed by atoms with van der Waals surface area (Å²) in [4.78, 5) is 64.6. The number of hydrogen-bond donors (Lipinski definition) is 4. The van der Waals surface area contributed by atoms with E-state index in [-0.39, 0.29) is 53.4 Å². The molecule has 0 radical (unpaired) electrons. The molecule has 4 amide bonds. The number of nitrogens with two attached hydrogens (primary N) is 2. The number of rotatable bonds is 8. The van der Waals surface area contributed by atoms with Crippen molar-refractivity contribution in [2.45, 2.75) is 78.0 Å². The molecule has 200 valence electrons. The van der Waals surface area contributed by atoms with Crippen molar-refractivity contribution in [3.05, 3.63) is 0 Å². The van der Waals surface area contributed by atoms with E-state index in [2.05, 4.69) is 24.5 Å². The molecule has 6 N–H and O–H groups in total. The molecule has 2 saturated heterocycles. The number of primary amides is 1. The average Bonchev–Trinajstić information content (AvgIpc) is 3.53. The first kappa shape index (κ1) is 26.9. The molecule has 0 aromatic heterocycles. The Morgan fingerprint density at radius 2 is 1.86 bits per heavy atom. The van der Waals surface area contributed by atoms with Crippen molar-refractivity contribution in [2.75, 3.05) is 6.54 Å². The summed E-state index contributed by atoms with van der Waals surface area (Å²) in [5.41, 5.74) is 11.3. The lowest BCUT2D eigenvalue weighted by Crippen LogP contribution is -2.59. The minimum absolute atomic E-state index is 0.00434. The Labute approximate surface area is 216 Å². The van der Waals surface area contributed by atoms with Gasteiger partial charge in [-0.3, -0.25) is 24.0 Å². The van der Waals surface area contributed by atoms with Crippen LogP contribution >= 0.6 is 11.6 Å². The van der Waals surface area contributed by atoms with Gasteiger partial charge < -0.3 is 27.0 Å². The Kier molecular flexibility index (Phi) is 6.69. The molecule has 11 heteroatoms. The molecule has 0 aromatic carbocycles. The molecule has 2 saturated carbocycles. The number of carbonyl (C=O) groups is 5. The lowest BCUT2D eigenvalue weighted by molar-refractivity contribution is -0.143. The predicted molar refractivity (Wildman–Crippen MR) is 132 cm³/mol. The van der Waals surface area contributed by atoms with Crippen LogP contribution in [-0.2, 0) is 24.0 Å². The molecule has 2 aliphatic carbocycles. The minimum Gasteiger partial charge on any atom is -0.368 e. The summed E-state index contributed by atoms with van der Waals surface area (Å²) in [6.45, 7) is 10.2. The first-order valence-electron chi connectivity index (χ1n) is 12.7. The van der Waals surface area contributed by atoms with Crippen LogP contribution in [-0.4, -0.2) is 64.5 Å². The summed E-state index contributed by atoms with van der Waals surface area (Å²) in [6.07, 6.45) is 1.13. The molecule has 9 atom stereocenters. The van der Waals surface area contributed by atoms with Crippen molar-refractivity contribution >= 4 is 40.5 Å². The zero-order chi connectivity index (χ0) is 26.9. The number of likely N-dealkylation sites (tertiary alicyclic amines) is 1. The first-order chi connectivity index (χ1) is 16.6. The van der Waals surface area contributed by atoms with Crippen LogP contribution in [0, 0.1) is 40.4 Å². The Bertz CT molecular complexity index is 994. The maximum atomic E-state index is 13.5. The second kappa shape index (κ2) is 8.97. The fraction of sp³-hybridized carbons (Fsp3) is 0.800. The van der Waals surface area contributed by atoms with Gasteiger partial charge in [0.1, 0.15) is 12.1 Å². The quantitative estimate of drug-likeness (QED) is 0.330. The highest BCUT2D eigenvalue weighted by molar-refractivity contribution is 6.64. The molecule has 0 spiro atoms. The third kappa shape index (κ3) is 4.74. The van der Waals surface area contributed by atoms with E-state index in [9.17, 15) is 24.0 Å². The van der Waals surface area contributed by atoms with Crippen LogP contribution in [0.4, 0.5) is 0 Å². The SMILES string of the molecule is CC(C)(C)[C@H](N)C(=O)N1C[C@H]2[C@@H]([C@H]1C(=O)N[C@@H](C[C@@H]1CC(C3CC3C(=O)Cl)NC1=O)C(N)=O)C2(C)C. The Morgan fingerprint density at radius 3 is 2.39 bits per heavy atom. The molecular weight excluding hydrogens is 486 g/mol. The zero-order valence-electron chi connectivity index (χ0n) is 21.5. The fourth-order valence-electron chi connectivity index (χ4n) is 6.33. The predicted octanol–water partition coefficient (Wildman–Crippen LogP) is 0.109. The van der Waals surface area contributed by atoms with E-state index in [0.29, 0.717) is 19.4 Å². The Balaban J connectivity index is 1.44. The maximum absolute atomic E-state index is 13.5. The standard InChI is InChI=1S/C25H38ClN5O5/c1-24(2,3)18(27)23(36)31-9-13-16(25(13,4)5)17(31)22(35)30-15(20(28)33)7-10-6-14(29-21(10)34)11-8-12(11)19(26)32/h10-18H,6-9,27H2,1-5H3,(H2,28,33)(H,29,34)(H,30,35)/t10-,11?,12?,13-,14?,15-,16-,17-,18+/m0/s1. The third-order valence-corrected chi connectivity index (χ3v) is 9.30. The van der Waals surface area contributed by atoms with E-state index >= 15 is 0 Å². The van der Waals surface area contributed by atoms with Crippen LogP contribution in [0.5, 0.6) is 0 Å². The van der Waals surface area contributed by atoms with Gasteiger partial charge in [0, 0.05) is 24.4 Å². The third-order valence-electron chi connectivity index (χ3n) is 9.02. The molecule has 4 aliphatic rings. The highest BCUT2D eigenvalue weighted by Crippen LogP contribution is 2.65. The van der Waals surface area contributed by atoms with Crippen LogP contribution < -0.4 is 22.1 Å². The molecule has 3 unspecified atom stereocenters. The van der Waals surface area contributed by atoms with Crippen molar-refractivity contribution in [3.8, 4) is 0 Å². The van der Waals surface area contributed by atoms with Gasteiger partial charge in [-0.15, -0.1) is 0 Å². The molecule has 2 aliphatic heterocycles. The molecule has 4 rings (SSSR count). The van der Waals surface area contributed by atoms with Crippen molar-refractivity contribution in [1.82, 2.24) is 15.5 Å². The van der Waals surface area contributed by atoms with Crippen molar-refractivity contribution in [1.29, 1.82) is 0 Å². The summed E-state index contributed by atoms with van der Waals surface area (Å²) in [5.74, 6) is -2.34. The molecular formula is C25H38ClN5O5. The highest BCUT2D eigenvalue weighted by atomic mass is 35.5. The Hall–Kier alpha value is -2.20. The number of halogens is 1. The van der Waals surface area contributed by atoms with Crippen molar-refractivity contribution in [3.63, 3.8) is 0 Å². The molecule has 36 heavy (non-hydrogen) atoms. The molecule has 4 fully saturated rings. The van der Waals surface area contributed by atoms with E-state index < -0.39 is 46.5 Å². The number of hydrogen-bond acceptors (Lipinski definition) is 6. The average molecular weight is 524 g/mol.